The summed E-state index contributed by atoms with van der Waals surface area (Å²) in [6.45, 7) is 1.30. The van der Waals surface area contributed by atoms with Crippen molar-refractivity contribution >= 4 is 11.8 Å². The van der Waals surface area contributed by atoms with E-state index in [4.69, 9.17) is 4.74 Å². The molecule has 13 heteroatoms. The van der Waals surface area contributed by atoms with Crippen molar-refractivity contribution in [3.05, 3.63) is 78.7 Å². The fourth-order valence-corrected chi connectivity index (χ4v) is 3.82. The Labute approximate surface area is 196 Å². The van der Waals surface area contributed by atoms with E-state index in [2.05, 4.69) is 37.0 Å². The van der Waals surface area contributed by atoms with Crippen LogP contribution >= 0.6 is 11.8 Å². The summed E-state index contributed by atoms with van der Waals surface area (Å²) in [5.74, 6) is 1.03. The smallest absolute Gasteiger partial charge is 0.387 e. The van der Waals surface area contributed by atoms with E-state index in [1.165, 1.54) is 40.7 Å². The minimum atomic E-state index is -2.90. The van der Waals surface area contributed by atoms with Gasteiger partial charge in [-0.05, 0) is 46.8 Å². The minimum Gasteiger partial charge on any atom is -0.483 e. The molecule has 0 N–H and O–H groups in total. The van der Waals surface area contributed by atoms with Crippen LogP contribution in [-0.2, 0) is 18.9 Å². The monoisotopic (exact) mass is 489 g/mol. The molecular weight excluding hydrogens is 471 g/mol. The Morgan fingerprint density at radius 1 is 1.03 bits per heavy atom. The zero-order valence-corrected chi connectivity index (χ0v) is 18.4. The van der Waals surface area contributed by atoms with Gasteiger partial charge in [-0.15, -0.1) is 21.9 Å². The second kappa shape index (κ2) is 10.8. The third-order valence-corrected chi connectivity index (χ3v) is 5.43. The fraction of sp³-hybridized carbons (Fsp3) is 0.190. The summed E-state index contributed by atoms with van der Waals surface area (Å²) in [6.07, 6.45) is 1.69. The van der Waals surface area contributed by atoms with Crippen LogP contribution in [-0.4, -0.2) is 41.6 Å². The third-order valence-electron chi connectivity index (χ3n) is 4.47. The lowest BCUT2D eigenvalue weighted by Crippen LogP contribution is -2.08. The zero-order valence-electron chi connectivity index (χ0n) is 17.6. The van der Waals surface area contributed by atoms with E-state index in [0.29, 0.717) is 34.8 Å². The van der Waals surface area contributed by atoms with Gasteiger partial charge in [-0.25, -0.2) is 4.39 Å². The topological polar surface area (TPSA) is 92.8 Å². The molecule has 0 aliphatic carbocycles. The highest BCUT2D eigenvalue weighted by Gasteiger charge is 2.16. The van der Waals surface area contributed by atoms with Crippen LogP contribution in [0.5, 0.6) is 11.5 Å². The van der Waals surface area contributed by atoms with Gasteiger partial charge in [-0.3, -0.25) is 4.57 Å². The normalized spacial score (nSPS) is 11.1. The molecular formula is C21H18F3N7O2S. The number of thioether (sulfide) groups is 1. The molecule has 0 radical (unpaired) electrons. The van der Waals surface area contributed by atoms with Gasteiger partial charge in [0.15, 0.2) is 28.4 Å². The van der Waals surface area contributed by atoms with Crippen molar-refractivity contribution in [3.63, 3.8) is 0 Å². The predicted molar refractivity (Wildman–Crippen MR) is 116 cm³/mol. The Kier molecular flexibility index (Phi) is 7.42. The molecule has 2 aromatic heterocycles. The lowest BCUT2D eigenvalue weighted by atomic mass is 10.3. The van der Waals surface area contributed by atoms with Crippen molar-refractivity contribution in [3.8, 4) is 17.2 Å². The molecule has 0 spiro atoms. The van der Waals surface area contributed by atoms with Crippen LogP contribution in [0.1, 0.15) is 11.6 Å². The quantitative estimate of drug-likeness (QED) is 0.230. The molecule has 9 nitrogen and oxygen atoms in total. The number of hydrogen-bond donors (Lipinski definition) is 0. The molecule has 0 fully saturated rings. The van der Waals surface area contributed by atoms with E-state index in [0.717, 1.165) is 0 Å². The van der Waals surface area contributed by atoms with Crippen LogP contribution in [0.15, 0.2) is 66.3 Å². The van der Waals surface area contributed by atoms with Gasteiger partial charge >= 0.3 is 6.61 Å². The summed E-state index contributed by atoms with van der Waals surface area (Å²) in [5, 5.41) is 20.6. The lowest BCUT2D eigenvalue weighted by molar-refractivity contribution is -0.0498. The molecule has 4 aromatic rings. The average molecular weight is 489 g/mol. The maximum atomic E-state index is 13.8. The number of hydrogen-bond acceptors (Lipinski definition) is 8. The highest BCUT2D eigenvalue weighted by Crippen LogP contribution is 2.24. The molecule has 0 saturated carbocycles. The molecule has 0 aliphatic rings. The highest BCUT2D eigenvalue weighted by molar-refractivity contribution is 7.98. The van der Waals surface area contributed by atoms with Crippen molar-refractivity contribution < 1.29 is 22.6 Å². The highest BCUT2D eigenvalue weighted by atomic mass is 32.2. The first-order valence-corrected chi connectivity index (χ1v) is 10.9. The first-order valence-electron chi connectivity index (χ1n) is 9.90. The van der Waals surface area contributed by atoms with Crippen molar-refractivity contribution in [2.75, 3.05) is 0 Å². The average Bonchev–Trinajstić information content (AvgIpc) is 3.44. The molecule has 176 valence electrons. The van der Waals surface area contributed by atoms with E-state index in [9.17, 15) is 13.2 Å². The molecule has 2 heterocycles. The van der Waals surface area contributed by atoms with Crippen LogP contribution in [0.25, 0.3) is 5.69 Å². The first-order chi connectivity index (χ1) is 16.5. The summed E-state index contributed by atoms with van der Waals surface area (Å²) < 4.78 is 51.7. The standard InChI is InChI=1S/C21H18F3N7O2S/c1-2-11-30-18(12-32-17-6-4-3-5-16(17)22)25-27-21(30)34-13-19-26-28-29-31(19)14-7-9-15(10-8-14)33-20(23)24/h2-10,20H,1,11-13H2. The number of allylic oxidation sites excluding steroid dienone is 1. The fourth-order valence-electron chi connectivity index (χ4n) is 2.94. The van der Waals surface area contributed by atoms with Crippen LogP contribution in [0.3, 0.4) is 0 Å². The Hall–Kier alpha value is -3.87. The Morgan fingerprint density at radius 2 is 1.82 bits per heavy atom. The van der Waals surface area contributed by atoms with Crippen molar-refractivity contribution in [2.45, 2.75) is 30.7 Å². The van der Waals surface area contributed by atoms with Gasteiger partial charge in [-0.1, -0.05) is 30.0 Å². The lowest BCUT2D eigenvalue weighted by Gasteiger charge is -2.10. The number of halogens is 3. The van der Waals surface area contributed by atoms with E-state index in [1.54, 1.807) is 34.9 Å². The number of para-hydroxylation sites is 1. The van der Waals surface area contributed by atoms with Gasteiger partial charge < -0.3 is 9.47 Å². The number of alkyl halides is 2. The summed E-state index contributed by atoms with van der Waals surface area (Å²) in [5.41, 5.74) is 0.578. The maximum absolute atomic E-state index is 13.8. The Balaban J connectivity index is 1.45. The summed E-state index contributed by atoms with van der Waals surface area (Å²) >= 11 is 1.34. The third kappa shape index (κ3) is 5.54. The van der Waals surface area contributed by atoms with E-state index in [-0.39, 0.29) is 18.1 Å². The van der Waals surface area contributed by atoms with E-state index >= 15 is 0 Å². The van der Waals surface area contributed by atoms with Gasteiger partial charge in [0.25, 0.3) is 0 Å². The number of benzene rings is 2. The van der Waals surface area contributed by atoms with Gasteiger partial charge in [0, 0.05) is 6.54 Å². The largest absolute Gasteiger partial charge is 0.483 e. The number of tetrazole rings is 1. The van der Waals surface area contributed by atoms with E-state index in [1.807, 2.05) is 0 Å². The van der Waals surface area contributed by atoms with E-state index < -0.39 is 12.4 Å². The second-order valence-electron chi connectivity index (χ2n) is 6.69. The van der Waals surface area contributed by atoms with Gasteiger partial charge in [0.2, 0.25) is 0 Å². The number of aromatic nitrogens is 7. The van der Waals surface area contributed by atoms with Gasteiger partial charge in [-0.2, -0.15) is 13.5 Å². The molecule has 4 rings (SSSR count). The minimum absolute atomic E-state index is 0.0209. The van der Waals surface area contributed by atoms with Crippen LogP contribution in [0.4, 0.5) is 13.2 Å². The predicted octanol–water partition coefficient (Wildman–Crippen LogP) is 4.05. The van der Waals surface area contributed by atoms with Crippen LogP contribution in [0.2, 0.25) is 0 Å². The molecule has 0 bridgehead atoms. The van der Waals surface area contributed by atoms with Gasteiger partial charge in [0.1, 0.15) is 12.4 Å². The van der Waals surface area contributed by atoms with Crippen molar-refractivity contribution in [2.24, 2.45) is 0 Å². The molecule has 0 saturated heterocycles. The van der Waals surface area contributed by atoms with Crippen LogP contribution in [0, 0.1) is 5.82 Å². The van der Waals surface area contributed by atoms with Crippen molar-refractivity contribution in [1.29, 1.82) is 0 Å². The first kappa shape index (κ1) is 23.3. The van der Waals surface area contributed by atoms with Gasteiger partial charge in [0.05, 0.1) is 11.4 Å². The Bertz CT molecular complexity index is 1250. The number of nitrogens with zero attached hydrogens (tertiary/aromatic N) is 7. The maximum Gasteiger partial charge on any atom is 0.387 e. The molecule has 34 heavy (non-hydrogen) atoms. The van der Waals surface area contributed by atoms with Crippen LogP contribution < -0.4 is 9.47 Å². The number of rotatable bonds is 11. The summed E-state index contributed by atoms with van der Waals surface area (Å²) in [7, 11) is 0. The number of ether oxygens (including phenoxy) is 2. The second-order valence-corrected chi connectivity index (χ2v) is 7.63. The zero-order chi connectivity index (χ0) is 23.9. The molecule has 0 atom stereocenters. The molecule has 2 aromatic carbocycles. The summed E-state index contributed by atoms with van der Waals surface area (Å²) in [4.78, 5) is 0. The Morgan fingerprint density at radius 3 is 2.56 bits per heavy atom. The molecule has 0 aliphatic heterocycles. The van der Waals surface area contributed by atoms with Crippen molar-refractivity contribution in [1.82, 2.24) is 35.0 Å². The molecule has 0 unspecified atom stereocenters. The summed E-state index contributed by atoms with van der Waals surface area (Å²) in [6, 6.07) is 12.1. The SMILES string of the molecule is C=CCn1c(COc2ccccc2F)nnc1SCc1nnnn1-c1ccc(OC(F)F)cc1. The molecule has 0 amide bonds.